The molecule has 1 N–H and O–H groups in total. The van der Waals surface area contributed by atoms with Crippen molar-refractivity contribution in [2.75, 3.05) is 32.4 Å². The van der Waals surface area contributed by atoms with Crippen molar-refractivity contribution in [1.82, 2.24) is 10.2 Å². The number of amides is 2. The number of rotatable bonds is 10. The number of Topliss-reactive ketones (excluding diaryl/α,β-unsaturated/α-hetero) is 1. The molecule has 0 aromatic rings. The third-order valence-electron chi connectivity index (χ3n) is 5.22. The van der Waals surface area contributed by atoms with Gasteiger partial charge < -0.3 is 10.2 Å². The smallest absolute Gasteiger partial charge is 0.341 e. The molecule has 176 valence electrons. The van der Waals surface area contributed by atoms with Gasteiger partial charge in [-0.25, -0.2) is 9.79 Å². The number of carbonyl (C=O) groups is 2. The summed E-state index contributed by atoms with van der Waals surface area (Å²) in [5, 5.41) is 3.52. The van der Waals surface area contributed by atoms with Gasteiger partial charge in [-0.1, -0.05) is 27.2 Å². The lowest BCUT2D eigenvalue weighted by molar-refractivity contribution is -0.116. The van der Waals surface area contributed by atoms with Crippen molar-refractivity contribution in [2.45, 2.75) is 72.6 Å². The molecule has 1 rings (SSSR count). The Bertz CT molecular complexity index is 638. The van der Waals surface area contributed by atoms with Crippen LogP contribution in [-0.2, 0) is 4.79 Å². The molecule has 0 aromatic heterocycles. The first-order valence-electron chi connectivity index (χ1n) is 11.6. The van der Waals surface area contributed by atoms with Crippen molar-refractivity contribution in [2.24, 2.45) is 26.8 Å². The first kappa shape index (κ1) is 27.3. The van der Waals surface area contributed by atoms with E-state index in [1.54, 1.807) is 14.0 Å². The number of ketones is 1. The van der Waals surface area contributed by atoms with Crippen molar-refractivity contribution in [3.05, 3.63) is 0 Å². The van der Waals surface area contributed by atoms with Crippen LogP contribution in [0.4, 0.5) is 4.79 Å². The molecule has 0 aromatic carbocycles. The van der Waals surface area contributed by atoms with Crippen LogP contribution in [0.25, 0.3) is 0 Å². The van der Waals surface area contributed by atoms with E-state index >= 15 is 0 Å². The lowest BCUT2D eigenvalue weighted by atomic mass is 9.94. The van der Waals surface area contributed by atoms with Crippen LogP contribution < -0.4 is 5.32 Å². The number of piperidine rings is 1. The predicted molar refractivity (Wildman–Crippen MR) is 134 cm³/mol. The van der Waals surface area contributed by atoms with Gasteiger partial charge in [0, 0.05) is 39.3 Å². The van der Waals surface area contributed by atoms with Gasteiger partial charge in [-0.15, -0.1) is 11.8 Å². The normalized spacial score (nSPS) is 16.4. The first-order valence-corrected chi connectivity index (χ1v) is 12.6. The van der Waals surface area contributed by atoms with Gasteiger partial charge in [0.25, 0.3) is 0 Å². The summed E-state index contributed by atoms with van der Waals surface area (Å²) in [6.07, 6.45) is 8.58. The van der Waals surface area contributed by atoms with Crippen molar-refractivity contribution in [3.8, 4) is 0 Å². The first-order chi connectivity index (χ1) is 14.8. The molecule has 1 aliphatic heterocycles. The minimum atomic E-state index is -0.316. The Balaban J connectivity index is 2.26. The number of carbonyl (C=O) groups excluding carboxylic acids is 2. The summed E-state index contributed by atoms with van der Waals surface area (Å²) in [4.78, 5) is 38.9. The number of thioether (sulfide) groups is 1. The van der Waals surface area contributed by atoms with E-state index in [-0.39, 0.29) is 11.8 Å². The van der Waals surface area contributed by atoms with E-state index < -0.39 is 0 Å². The maximum absolute atomic E-state index is 12.0. The van der Waals surface area contributed by atoms with Gasteiger partial charge in [0.2, 0.25) is 5.96 Å². The van der Waals surface area contributed by atoms with Gasteiger partial charge >= 0.3 is 6.03 Å². The number of aliphatic imine (C=N–C) groups is 3. The highest BCUT2D eigenvalue weighted by atomic mass is 32.2. The molecule has 1 saturated heterocycles. The van der Waals surface area contributed by atoms with Gasteiger partial charge in [0.05, 0.1) is 10.8 Å². The lowest BCUT2D eigenvalue weighted by Crippen LogP contribution is -2.38. The largest absolute Gasteiger partial charge is 0.341 e. The van der Waals surface area contributed by atoms with Crippen molar-refractivity contribution < 1.29 is 9.59 Å². The van der Waals surface area contributed by atoms with Crippen molar-refractivity contribution >= 4 is 40.8 Å². The zero-order valence-corrected chi connectivity index (χ0v) is 20.8. The number of urea groups is 1. The Morgan fingerprint density at radius 1 is 1.26 bits per heavy atom. The van der Waals surface area contributed by atoms with E-state index in [1.165, 1.54) is 11.8 Å². The van der Waals surface area contributed by atoms with E-state index in [1.807, 2.05) is 6.21 Å². The highest BCUT2D eigenvalue weighted by molar-refractivity contribution is 8.14. The second-order valence-electron chi connectivity index (χ2n) is 8.48. The standard InChI is InChI=1S/C23H41N5O2S/c1-6-7-8-21(29)17-31-19(4)27-23(30)26-14-10-20-11-15-28(16-12-20)22(24-5)25-13-9-18(2)3/h13,18,20H,6-12,14-17H2,1-5H3,(H,26,30)/b24-22?,25-13-,27-19-. The zero-order valence-electron chi connectivity index (χ0n) is 20.0. The molecule has 2 amide bonds. The number of hydrogen-bond acceptors (Lipinski definition) is 4. The molecule has 1 fully saturated rings. The summed E-state index contributed by atoms with van der Waals surface area (Å²) in [7, 11) is 1.80. The molecule has 0 saturated carbocycles. The summed E-state index contributed by atoms with van der Waals surface area (Å²) >= 11 is 1.35. The number of likely N-dealkylation sites (tertiary alicyclic amines) is 1. The van der Waals surface area contributed by atoms with Crippen LogP contribution in [-0.4, -0.2) is 66.4 Å². The molecular formula is C23H41N5O2S. The molecule has 0 radical (unpaired) electrons. The highest BCUT2D eigenvalue weighted by Crippen LogP contribution is 2.20. The average molecular weight is 452 g/mol. The number of unbranched alkanes of at least 4 members (excludes halogenated alkanes) is 1. The van der Waals surface area contributed by atoms with Crippen LogP contribution in [0.5, 0.6) is 0 Å². The van der Waals surface area contributed by atoms with E-state index in [0.29, 0.717) is 35.6 Å². The van der Waals surface area contributed by atoms with E-state index in [0.717, 1.165) is 57.6 Å². The summed E-state index contributed by atoms with van der Waals surface area (Å²) in [5.74, 6) is 2.62. The van der Waals surface area contributed by atoms with E-state index in [9.17, 15) is 9.59 Å². The highest BCUT2D eigenvalue weighted by Gasteiger charge is 2.21. The Hall–Kier alpha value is -1.70. The molecule has 1 aliphatic rings. The summed E-state index contributed by atoms with van der Waals surface area (Å²) in [6.45, 7) is 10.7. The summed E-state index contributed by atoms with van der Waals surface area (Å²) in [6, 6.07) is -0.316. The molecule has 0 atom stereocenters. The predicted octanol–water partition coefficient (Wildman–Crippen LogP) is 4.81. The van der Waals surface area contributed by atoms with Crippen LogP contribution in [0.3, 0.4) is 0 Å². The maximum atomic E-state index is 12.0. The third-order valence-corrected chi connectivity index (χ3v) is 6.20. The molecular weight excluding hydrogens is 410 g/mol. The van der Waals surface area contributed by atoms with Crippen molar-refractivity contribution in [3.63, 3.8) is 0 Å². The average Bonchev–Trinajstić information content (AvgIpc) is 2.74. The molecule has 1 heterocycles. The molecule has 0 bridgehead atoms. The zero-order chi connectivity index (χ0) is 23.1. The molecule has 8 heteroatoms. The Labute approximate surface area is 192 Å². The fourth-order valence-electron chi connectivity index (χ4n) is 3.28. The number of nitrogens with zero attached hydrogens (tertiary/aromatic N) is 4. The van der Waals surface area contributed by atoms with Crippen LogP contribution in [0.1, 0.15) is 72.6 Å². The van der Waals surface area contributed by atoms with Gasteiger partial charge in [-0.2, -0.15) is 4.99 Å². The van der Waals surface area contributed by atoms with Gasteiger partial charge in [-0.3, -0.25) is 9.79 Å². The quantitative estimate of drug-likeness (QED) is 0.381. The maximum Gasteiger partial charge on any atom is 0.341 e. The monoisotopic (exact) mass is 451 g/mol. The van der Waals surface area contributed by atoms with Gasteiger partial charge in [-0.05, 0) is 50.9 Å². The van der Waals surface area contributed by atoms with E-state index in [2.05, 4.69) is 46.0 Å². The second-order valence-corrected chi connectivity index (χ2v) is 9.65. The SMILES string of the molecule is CCCCC(=O)CS/C(C)=N\C(=O)NCCC1CCN(C(=NC)/N=C\CC(C)C)CC1. The molecule has 0 unspecified atom stereocenters. The van der Waals surface area contributed by atoms with Crippen LogP contribution in [0, 0.1) is 11.8 Å². The topological polar surface area (TPSA) is 86.5 Å². The number of nitrogens with one attached hydrogen (secondary N) is 1. The van der Waals surface area contributed by atoms with Crippen LogP contribution in [0.2, 0.25) is 0 Å². The summed E-state index contributed by atoms with van der Waals surface area (Å²) < 4.78 is 0. The Morgan fingerprint density at radius 2 is 1.97 bits per heavy atom. The minimum absolute atomic E-state index is 0.218. The summed E-state index contributed by atoms with van der Waals surface area (Å²) in [5.41, 5.74) is 0. The van der Waals surface area contributed by atoms with Crippen LogP contribution >= 0.6 is 11.8 Å². The van der Waals surface area contributed by atoms with Crippen LogP contribution in [0.15, 0.2) is 15.0 Å². The molecule has 0 spiro atoms. The molecule has 31 heavy (non-hydrogen) atoms. The van der Waals surface area contributed by atoms with Crippen molar-refractivity contribution in [1.29, 1.82) is 0 Å². The lowest BCUT2D eigenvalue weighted by Gasteiger charge is -2.32. The Morgan fingerprint density at radius 3 is 2.58 bits per heavy atom. The second kappa shape index (κ2) is 16.0. The Kier molecular flexibility index (Phi) is 14.1. The molecule has 0 aliphatic carbocycles. The van der Waals surface area contributed by atoms with Gasteiger partial charge in [0.1, 0.15) is 5.78 Å². The fourth-order valence-corrected chi connectivity index (χ4v) is 3.94. The molecule has 7 nitrogen and oxygen atoms in total. The fraction of sp³-hybridized carbons (Fsp3) is 0.783. The number of guanidine groups is 1. The van der Waals surface area contributed by atoms with Gasteiger partial charge in [0.15, 0.2) is 0 Å². The number of hydrogen-bond donors (Lipinski definition) is 1. The third kappa shape index (κ3) is 12.7. The van der Waals surface area contributed by atoms with E-state index in [4.69, 9.17) is 0 Å². The minimum Gasteiger partial charge on any atom is -0.341 e.